The van der Waals surface area contributed by atoms with Gasteiger partial charge in [-0.2, -0.15) is 4.31 Å². The lowest BCUT2D eigenvalue weighted by Gasteiger charge is -2.39. The number of nitrogens with zero attached hydrogens (tertiary/aromatic N) is 1. The van der Waals surface area contributed by atoms with E-state index in [-0.39, 0.29) is 23.2 Å². The molecule has 0 unspecified atom stereocenters. The van der Waals surface area contributed by atoms with Crippen LogP contribution in [0.4, 0.5) is 0 Å². The molecule has 0 aromatic heterocycles. The zero-order valence-corrected chi connectivity index (χ0v) is 15.1. The minimum Gasteiger partial charge on any atom is -0.228 e. The Morgan fingerprint density at radius 2 is 1.61 bits per heavy atom. The van der Waals surface area contributed by atoms with E-state index in [0.717, 1.165) is 19.3 Å². The number of sulfonamides is 1. The molecule has 2 aliphatic rings. The summed E-state index contributed by atoms with van der Waals surface area (Å²) in [5.74, 6) is 0. The summed E-state index contributed by atoms with van der Waals surface area (Å²) in [6.07, 6.45) is 4.40. The van der Waals surface area contributed by atoms with Crippen molar-refractivity contribution in [3.8, 4) is 0 Å². The maximum absolute atomic E-state index is 12.6. The molecule has 0 N–H and O–H groups in total. The van der Waals surface area contributed by atoms with E-state index in [9.17, 15) is 16.8 Å². The molecule has 0 spiro atoms. The highest BCUT2D eigenvalue weighted by Crippen LogP contribution is 2.32. The summed E-state index contributed by atoms with van der Waals surface area (Å²) >= 11 is 5.84. The van der Waals surface area contributed by atoms with Crippen LogP contribution in [0, 0.1) is 0 Å². The normalized spacial score (nSPS) is 22.0. The average Bonchev–Trinajstić information content (AvgIpc) is 2.46. The standard InChI is InChI=1S/C15H20ClNO4S2/c16-12-5-4-8-14(9-12)23(20,21)17-10-15(11-17)22(18,19)13-6-2-1-3-7-13/h4-5,8-9,13,15H,1-3,6-7,10-11H2. The lowest BCUT2D eigenvalue weighted by atomic mass is 10.0. The second-order valence-electron chi connectivity index (χ2n) is 6.25. The number of halogens is 1. The van der Waals surface area contributed by atoms with Gasteiger partial charge in [-0.25, -0.2) is 16.8 Å². The van der Waals surface area contributed by atoms with Crippen molar-refractivity contribution >= 4 is 31.5 Å². The first-order valence-electron chi connectivity index (χ1n) is 7.80. The molecule has 23 heavy (non-hydrogen) atoms. The fraction of sp³-hybridized carbons (Fsp3) is 0.600. The second-order valence-corrected chi connectivity index (χ2v) is 11.1. The van der Waals surface area contributed by atoms with Crippen molar-refractivity contribution in [1.29, 1.82) is 0 Å². The molecule has 3 rings (SSSR count). The largest absolute Gasteiger partial charge is 0.243 e. The van der Waals surface area contributed by atoms with Crippen LogP contribution in [-0.2, 0) is 19.9 Å². The van der Waals surface area contributed by atoms with Gasteiger partial charge in [0.05, 0.1) is 15.4 Å². The van der Waals surface area contributed by atoms with E-state index < -0.39 is 25.1 Å². The Balaban J connectivity index is 1.71. The highest BCUT2D eigenvalue weighted by molar-refractivity contribution is 7.93. The molecule has 1 aliphatic carbocycles. The van der Waals surface area contributed by atoms with Crippen LogP contribution in [-0.4, -0.2) is 44.7 Å². The van der Waals surface area contributed by atoms with Crippen molar-refractivity contribution in [3.63, 3.8) is 0 Å². The van der Waals surface area contributed by atoms with E-state index in [4.69, 9.17) is 11.6 Å². The van der Waals surface area contributed by atoms with Gasteiger partial charge in [0.2, 0.25) is 10.0 Å². The topological polar surface area (TPSA) is 71.5 Å². The summed E-state index contributed by atoms with van der Waals surface area (Å²) in [7, 11) is -6.91. The summed E-state index contributed by atoms with van der Waals surface area (Å²) in [5, 5.41) is -0.519. The zero-order chi connectivity index (χ0) is 16.7. The second kappa shape index (κ2) is 6.35. The lowest BCUT2D eigenvalue weighted by Crippen LogP contribution is -2.58. The quantitative estimate of drug-likeness (QED) is 0.808. The number of hydrogen-bond acceptors (Lipinski definition) is 4. The van der Waals surface area contributed by atoms with Crippen LogP contribution in [0.1, 0.15) is 32.1 Å². The van der Waals surface area contributed by atoms with Crippen LogP contribution in [0.5, 0.6) is 0 Å². The van der Waals surface area contributed by atoms with Crippen molar-refractivity contribution in [3.05, 3.63) is 29.3 Å². The van der Waals surface area contributed by atoms with E-state index in [1.165, 1.54) is 16.4 Å². The van der Waals surface area contributed by atoms with Crippen LogP contribution in [0.2, 0.25) is 5.02 Å². The molecule has 128 valence electrons. The molecule has 0 amide bonds. The molecule has 0 atom stereocenters. The molecule has 0 radical (unpaired) electrons. The van der Waals surface area contributed by atoms with E-state index in [2.05, 4.69) is 0 Å². The van der Waals surface area contributed by atoms with Gasteiger partial charge in [0.25, 0.3) is 0 Å². The van der Waals surface area contributed by atoms with Crippen molar-refractivity contribution in [2.75, 3.05) is 13.1 Å². The SMILES string of the molecule is O=S(=O)(C1CCCCC1)C1CN(S(=O)(=O)c2cccc(Cl)c2)C1. The van der Waals surface area contributed by atoms with Crippen molar-refractivity contribution in [2.24, 2.45) is 0 Å². The fourth-order valence-electron chi connectivity index (χ4n) is 3.25. The maximum Gasteiger partial charge on any atom is 0.243 e. The Kier molecular flexibility index (Phi) is 4.75. The van der Waals surface area contributed by atoms with Crippen LogP contribution in [0.25, 0.3) is 0 Å². The van der Waals surface area contributed by atoms with Gasteiger partial charge in [0, 0.05) is 18.1 Å². The Hall–Kier alpha value is -0.630. The summed E-state index contributed by atoms with van der Waals surface area (Å²) in [5.41, 5.74) is 0. The molecule has 1 saturated carbocycles. The molecule has 1 saturated heterocycles. The highest BCUT2D eigenvalue weighted by atomic mass is 35.5. The van der Waals surface area contributed by atoms with Gasteiger partial charge in [-0.1, -0.05) is 36.9 Å². The highest BCUT2D eigenvalue weighted by Gasteiger charge is 2.46. The number of hydrogen-bond donors (Lipinski definition) is 0. The first-order valence-corrected chi connectivity index (χ1v) is 11.2. The van der Waals surface area contributed by atoms with Crippen molar-refractivity contribution in [2.45, 2.75) is 47.5 Å². The van der Waals surface area contributed by atoms with Gasteiger partial charge in [0.1, 0.15) is 0 Å². The third-order valence-corrected chi connectivity index (χ3v) is 9.42. The van der Waals surface area contributed by atoms with Crippen LogP contribution in [0.15, 0.2) is 29.2 Å². The van der Waals surface area contributed by atoms with Gasteiger partial charge in [-0.3, -0.25) is 0 Å². The first kappa shape index (κ1) is 17.2. The Labute approximate surface area is 142 Å². The Morgan fingerprint density at radius 3 is 2.22 bits per heavy atom. The molecule has 2 fully saturated rings. The van der Waals surface area contributed by atoms with Crippen LogP contribution < -0.4 is 0 Å². The fourth-order valence-corrected chi connectivity index (χ4v) is 7.58. The van der Waals surface area contributed by atoms with Gasteiger partial charge in [0.15, 0.2) is 9.84 Å². The molecule has 1 aliphatic heterocycles. The monoisotopic (exact) mass is 377 g/mol. The average molecular weight is 378 g/mol. The van der Waals surface area contributed by atoms with E-state index in [1.807, 2.05) is 0 Å². The van der Waals surface area contributed by atoms with E-state index in [0.29, 0.717) is 17.9 Å². The van der Waals surface area contributed by atoms with E-state index in [1.54, 1.807) is 12.1 Å². The molecule has 1 aromatic rings. The molecule has 8 heteroatoms. The third kappa shape index (κ3) is 3.29. The summed E-state index contributed by atoms with van der Waals surface area (Å²) in [6, 6.07) is 6.04. The van der Waals surface area contributed by atoms with Crippen molar-refractivity contribution in [1.82, 2.24) is 4.31 Å². The zero-order valence-electron chi connectivity index (χ0n) is 12.7. The molecular formula is C15H20ClNO4S2. The number of rotatable bonds is 4. The minimum absolute atomic E-state index is 0.0493. The smallest absolute Gasteiger partial charge is 0.228 e. The van der Waals surface area contributed by atoms with Gasteiger partial charge in [-0.15, -0.1) is 0 Å². The van der Waals surface area contributed by atoms with Crippen LogP contribution in [0.3, 0.4) is 0 Å². The maximum atomic E-state index is 12.6. The lowest BCUT2D eigenvalue weighted by molar-refractivity contribution is 0.306. The molecule has 0 bridgehead atoms. The molecule has 1 aromatic carbocycles. The number of benzene rings is 1. The molecular weight excluding hydrogens is 358 g/mol. The van der Waals surface area contributed by atoms with E-state index >= 15 is 0 Å². The predicted octanol–water partition coefficient (Wildman–Crippen LogP) is 2.46. The summed E-state index contributed by atoms with van der Waals surface area (Å²) in [6.45, 7) is 0.0986. The van der Waals surface area contributed by atoms with Gasteiger partial charge < -0.3 is 0 Å². The molecule has 1 heterocycles. The van der Waals surface area contributed by atoms with Gasteiger partial charge in [-0.05, 0) is 31.0 Å². The van der Waals surface area contributed by atoms with Crippen molar-refractivity contribution < 1.29 is 16.8 Å². The Bertz CT molecular complexity index is 779. The van der Waals surface area contributed by atoms with Crippen LogP contribution >= 0.6 is 11.6 Å². The third-order valence-electron chi connectivity index (χ3n) is 4.73. The minimum atomic E-state index is -3.66. The Morgan fingerprint density at radius 1 is 0.957 bits per heavy atom. The molecule has 5 nitrogen and oxygen atoms in total. The van der Waals surface area contributed by atoms with Gasteiger partial charge >= 0.3 is 0 Å². The number of sulfone groups is 1. The predicted molar refractivity (Wildman–Crippen MR) is 89.8 cm³/mol. The summed E-state index contributed by atoms with van der Waals surface area (Å²) < 4.78 is 51.4. The first-order chi connectivity index (χ1) is 10.8. The summed E-state index contributed by atoms with van der Waals surface area (Å²) in [4.78, 5) is 0.110.